The number of hydrogen-bond donors (Lipinski definition) is 4. The Morgan fingerprint density at radius 2 is 2.00 bits per heavy atom. The first-order valence-corrected chi connectivity index (χ1v) is 12.1. The SMILES string of the molecule is CNc1nc(Nc2ccc(F)cc2)ncc1C#CCCCNC(=O)[C@@H]1C[C@H](O)CN1C(=O)OC(C)(C)C. The molecule has 1 saturated heterocycles. The lowest BCUT2D eigenvalue weighted by Crippen LogP contribution is -2.47. The Bertz CT molecular complexity index is 1160. The Morgan fingerprint density at radius 1 is 1.27 bits per heavy atom. The number of benzene rings is 1. The lowest BCUT2D eigenvalue weighted by Gasteiger charge is -2.27. The zero-order chi connectivity index (χ0) is 27.0. The lowest BCUT2D eigenvalue weighted by atomic mass is 10.2. The molecular weight excluding hydrogens is 479 g/mol. The van der Waals surface area contributed by atoms with Crippen LogP contribution in [-0.2, 0) is 9.53 Å². The van der Waals surface area contributed by atoms with Crippen molar-refractivity contribution < 1.29 is 23.8 Å². The molecule has 3 rings (SSSR count). The molecule has 0 aliphatic carbocycles. The summed E-state index contributed by atoms with van der Waals surface area (Å²) in [6, 6.07) is 5.10. The van der Waals surface area contributed by atoms with E-state index in [4.69, 9.17) is 4.74 Å². The summed E-state index contributed by atoms with van der Waals surface area (Å²) in [6.45, 7) is 5.68. The summed E-state index contributed by atoms with van der Waals surface area (Å²) in [5, 5.41) is 18.8. The van der Waals surface area contributed by atoms with E-state index >= 15 is 0 Å². The third-order valence-corrected chi connectivity index (χ3v) is 5.34. The van der Waals surface area contributed by atoms with Crippen molar-refractivity contribution in [3.8, 4) is 11.8 Å². The third-order valence-electron chi connectivity index (χ3n) is 5.34. The Labute approximate surface area is 216 Å². The van der Waals surface area contributed by atoms with Crippen molar-refractivity contribution in [3.63, 3.8) is 0 Å². The van der Waals surface area contributed by atoms with Crippen molar-refractivity contribution in [2.45, 2.75) is 57.8 Å². The second kappa shape index (κ2) is 12.4. The standard InChI is InChI=1S/C26H33FN6O4/c1-26(2,3)37-25(36)33-16-20(34)14-21(33)23(35)29-13-7-5-6-8-17-15-30-24(32-22(17)28-4)31-19-11-9-18(27)10-12-19/h9-12,15,20-21,34H,5,7,13-14,16H2,1-4H3,(H,29,35)(H2,28,30,31,32)/t20-,21-/m0/s1. The monoisotopic (exact) mass is 512 g/mol. The number of unbranched alkanes of at least 4 members (excludes halogenated alkanes) is 1. The lowest BCUT2D eigenvalue weighted by molar-refractivity contribution is -0.125. The van der Waals surface area contributed by atoms with E-state index in [1.54, 1.807) is 46.1 Å². The molecule has 2 aromatic rings. The molecule has 1 aliphatic rings. The number of hydrogen-bond acceptors (Lipinski definition) is 8. The quantitative estimate of drug-likeness (QED) is 0.329. The van der Waals surface area contributed by atoms with E-state index in [2.05, 4.69) is 37.8 Å². The molecule has 0 saturated carbocycles. The number of carbonyl (C=O) groups excluding carboxylic acids is 2. The third kappa shape index (κ3) is 8.32. The Morgan fingerprint density at radius 3 is 2.68 bits per heavy atom. The minimum absolute atomic E-state index is 0.0621. The number of nitrogens with one attached hydrogen (secondary N) is 3. The molecule has 2 atom stereocenters. The molecule has 1 aliphatic heterocycles. The van der Waals surface area contributed by atoms with Gasteiger partial charge in [-0.2, -0.15) is 4.98 Å². The van der Waals surface area contributed by atoms with Crippen molar-refractivity contribution in [3.05, 3.63) is 41.8 Å². The van der Waals surface area contributed by atoms with Crippen molar-refractivity contribution in [1.82, 2.24) is 20.2 Å². The van der Waals surface area contributed by atoms with Crippen LogP contribution in [0.25, 0.3) is 0 Å². The second-order valence-corrected chi connectivity index (χ2v) is 9.57. The highest BCUT2D eigenvalue weighted by Gasteiger charge is 2.40. The van der Waals surface area contributed by atoms with Crippen LogP contribution < -0.4 is 16.0 Å². The molecule has 4 N–H and O–H groups in total. The van der Waals surface area contributed by atoms with Gasteiger partial charge in [0.05, 0.1) is 24.4 Å². The van der Waals surface area contributed by atoms with Crippen LogP contribution in [0.4, 0.5) is 26.6 Å². The van der Waals surface area contributed by atoms with E-state index in [1.807, 2.05) is 0 Å². The largest absolute Gasteiger partial charge is 0.444 e. The second-order valence-electron chi connectivity index (χ2n) is 9.57. The minimum Gasteiger partial charge on any atom is -0.444 e. The topological polar surface area (TPSA) is 129 Å². The molecule has 2 amide bonds. The van der Waals surface area contributed by atoms with E-state index < -0.39 is 23.8 Å². The van der Waals surface area contributed by atoms with Gasteiger partial charge in [0.15, 0.2) is 0 Å². The number of β-amino-alcohol motifs (C(OH)–C–C–N with tert-alkyl or cyclic N) is 1. The summed E-state index contributed by atoms with van der Waals surface area (Å²) < 4.78 is 18.4. The Hall–Kier alpha value is -3.91. The number of nitrogens with zero attached hydrogens (tertiary/aromatic N) is 3. The van der Waals surface area contributed by atoms with Crippen LogP contribution in [0.3, 0.4) is 0 Å². The van der Waals surface area contributed by atoms with E-state index in [1.165, 1.54) is 17.0 Å². The molecule has 0 bridgehead atoms. The van der Waals surface area contributed by atoms with Crippen molar-refractivity contribution in [2.75, 3.05) is 30.8 Å². The van der Waals surface area contributed by atoms with Gasteiger partial charge in [0, 0.05) is 32.1 Å². The summed E-state index contributed by atoms with van der Waals surface area (Å²) >= 11 is 0. The Balaban J connectivity index is 1.48. The van der Waals surface area contributed by atoms with Gasteiger partial charge in [-0.15, -0.1) is 0 Å². The van der Waals surface area contributed by atoms with Gasteiger partial charge in [-0.3, -0.25) is 9.69 Å². The van der Waals surface area contributed by atoms with Crippen molar-refractivity contribution >= 4 is 29.5 Å². The normalized spacial score (nSPS) is 17.0. The average Bonchev–Trinajstić information content (AvgIpc) is 3.24. The number of anilines is 3. The first-order valence-electron chi connectivity index (χ1n) is 12.1. The first-order chi connectivity index (χ1) is 17.6. The van der Waals surface area contributed by atoms with Crippen molar-refractivity contribution in [2.24, 2.45) is 0 Å². The summed E-state index contributed by atoms with van der Waals surface area (Å²) in [7, 11) is 1.73. The van der Waals surface area contributed by atoms with Crippen molar-refractivity contribution in [1.29, 1.82) is 0 Å². The fraction of sp³-hybridized carbons (Fsp3) is 0.462. The van der Waals surface area contributed by atoms with Crippen LogP contribution in [0.5, 0.6) is 0 Å². The molecule has 10 nitrogen and oxygen atoms in total. The molecule has 0 spiro atoms. The summed E-state index contributed by atoms with van der Waals surface area (Å²) in [5.74, 6) is 6.31. The van der Waals surface area contributed by atoms with Gasteiger partial charge in [0.2, 0.25) is 11.9 Å². The Kier molecular flexibility index (Phi) is 9.25. The number of ether oxygens (including phenoxy) is 1. The van der Waals surface area contributed by atoms with Gasteiger partial charge in [-0.05, 0) is 51.5 Å². The van der Waals surface area contributed by atoms with E-state index in [9.17, 15) is 19.1 Å². The predicted octanol–water partition coefficient (Wildman–Crippen LogP) is 3.02. The molecule has 1 aromatic heterocycles. The number of carbonyl (C=O) groups is 2. The highest BCUT2D eigenvalue weighted by molar-refractivity contribution is 5.86. The molecule has 2 heterocycles. The van der Waals surface area contributed by atoms with Gasteiger partial charge >= 0.3 is 6.09 Å². The zero-order valence-electron chi connectivity index (χ0n) is 21.5. The summed E-state index contributed by atoms with van der Waals surface area (Å²) in [4.78, 5) is 35.0. The summed E-state index contributed by atoms with van der Waals surface area (Å²) in [5.41, 5.74) is 0.580. The fourth-order valence-corrected chi connectivity index (χ4v) is 3.64. The molecule has 1 aromatic carbocycles. The van der Waals surface area contributed by atoms with Crippen LogP contribution in [0.2, 0.25) is 0 Å². The molecule has 1 fully saturated rings. The number of amides is 2. The van der Waals surface area contributed by atoms with Gasteiger partial charge in [-0.25, -0.2) is 14.2 Å². The van der Waals surface area contributed by atoms with Gasteiger partial charge < -0.3 is 25.8 Å². The predicted molar refractivity (Wildman–Crippen MR) is 138 cm³/mol. The van der Waals surface area contributed by atoms with Gasteiger partial charge in [0.25, 0.3) is 0 Å². The number of rotatable bonds is 7. The number of likely N-dealkylation sites (tertiary alicyclic amines) is 1. The minimum atomic E-state index is -0.770. The highest BCUT2D eigenvalue weighted by Crippen LogP contribution is 2.22. The maximum atomic E-state index is 13.1. The highest BCUT2D eigenvalue weighted by atomic mass is 19.1. The molecule has 0 unspecified atom stereocenters. The van der Waals surface area contributed by atoms with Gasteiger partial charge in [0.1, 0.15) is 23.3 Å². The molecular formula is C26H33FN6O4. The molecule has 198 valence electrons. The van der Waals surface area contributed by atoms with E-state index in [0.29, 0.717) is 42.4 Å². The van der Waals surface area contributed by atoms with Crippen LogP contribution in [0, 0.1) is 17.7 Å². The van der Waals surface area contributed by atoms with E-state index in [-0.39, 0.29) is 24.7 Å². The maximum absolute atomic E-state index is 13.1. The summed E-state index contributed by atoms with van der Waals surface area (Å²) in [6.07, 6.45) is 1.49. The number of aliphatic hydroxyl groups is 1. The number of aliphatic hydroxyl groups excluding tert-OH is 1. The van der Waals surface area contributed by atoms with Gasteiger partial charge in [-0.1, -0.05) is 11.8 Å². The molecule has 11 heteroatoms. The van der Waals surface area contributed by atoms with E-state index in [0.717, 1.165) is 0 Å². The van der Waals surface area contributed by atoms with Crippen LogP contribution in [0.15, 0.2) is 30.5 Å². The van der Waals surface area contributed by atoms with Crippen LogP contribution in [0.1, 0.15) is 45.6 Å². The first kappa shape index (κ1) is 27.7. The zero-order valence-corrected chi connectivity index (χ0v) is 21.5. The number of aromatic nitrogens is 2. The molecule has 0 radical (unpaired) electrons. The smallest absolute Gasteiger partial charge is 0.411 e. The fourth-order valence-electron chi connectivity index (χ4n) is 3.64. The van der Waals surface area contributed by atoms with Crippen LogP contribution >= 0.6 is 0 Å². The average molecular weight is 513 g/mol. The van der Waals surface area contributed by atoms with Crippen LogP contribution in [-0.4, -0.2) is 69.9 Å². The maximum Gasteiger partial charge on any atom is 0.411 e. The molecule has 37 heavy (non-hydrogen) atoms. The number of halogens is 1.